The van der Waals surface area contributed by atoms with Crippen LogP contribution in [0.2, 0.25) is 5.02 Å². The first-order valence-corrected chi connectivity index (χ1v) is 6.75. The van der Waals surface area contributed by atoms with Crippen molar-refractivity contribution in [2.24, 2.45) is 0 Å². The van der Waals surface area contributed by atoms with Gasteiger partial charge in [0.1, 0.15) is 5.82 Å². The quantitative estimate of drug-likeness (QED) is 0.888. The molecule has 1 amide bonds. The molecule has 0 bridgehead atoms. The Labute approximate surface area is 127 Å². The SMILES string of the molecule is CCOc1ccc(NC(=O)c2cnc(NC)c(Cl)c2)cn1. The van der Waals surface area contributed by atoms with Gasteiger partial charge in [0.25, 0.3) is 5.91 Å². The summed E-state index contributed by atoms with van der Waals surface area (Å²) in [4.78, 5) is 20.2. The minimum absolute atomic E-state index is 0.307. The van der Waals surface area contributed by atoms with Crippen LogP contribution in [0.1, 0.15) is 17.3 Å². The first-order valence-electron chi connectivity index (χ1n) is 6.37. The summed E-state index contributed by atoms with van der Waals surface area (Å²) in [5, 5.41) is 5.93. The van der Waals surface area contributed by atoms with Crippen molar-refractivity contribution < 1.29 is 9.53 Å². The van der Waals surface area contributed by atoms with E-state index in [0.29, 0.717) is 34.6 Å². The molecule has 0 radical (unpaired) electrons. The molecule has 0 aliphatic heterocycles. The fourth-order valence-electron chi connectivity index (χ4n) is 1.64. The zero-order valence-electron chi connectivity index (χ0n) is 11.7. The van der Waals surface area contributed by atoms with Crippen LogP contribution in [-0.2, 0) is 0 Å². The zero-order valence-corrected chi connectivity index (χ0v) is 12.4. The molecular weight excluding hydrogens is 292 g/mol. The van der Waals surface area contributed by atoms with Crippen LogP contribution in [-0.4, -0.2) is 29.5 Å². The Morgan fingerprint density at radius 3 is 2.71 bits per heavy atom. The molecule has 2 N–H and O–H groups in total. The second-order valence-corrected chi connectivity index (χ2v) is 4.48. The van der Waals surface area contributed by atoms with Crippen LogP contribution >= 0.6 is 11.6 Å². The number of amides is 1. The van der Waals surface area contributed by atoms with Crippen molar-refractivity contribution in [1.29, 1.82) is 0 Å². The molecule has 0 atom stereocenters. The average molecular weight is 307 g/mol. The van der Waals surface area contributed by atoms with Crippen molar-refractivity contribution in [3.8, 4) is 5.88 Å². The highest BCUT2D eigenvalue weighted by atomic mass is 35.5. The van der Waals surface area contributed by atoms with Crippen molar-refractivity contribution in [3.63, 3.8) is 0 Å². The molecule has 21 heavy (non-hydrogen) atoms. The molecule has 2 aromatic heterocycles. The van der Waals surface area contributed by atoms with Crippen molar-refractivity contribution >= 4 is 29.0 Å². The minimum Gasteiger partial charge on any atom is -0.478 e. The summed E-state index contributed by atoms with van der Waals surface area (Å²) < 4.78 is 5.23. The van der Waals surface area contributed by atoms with Crippen molar-refractivity contribution in [1.82, 2.24) is 9.97 Å². The number of anilines is 2. The van der Waals surface area contributed by atoms with E-state index in [0.717, 1.165) is 0 Å². The van der Waals surface area contributed by atoms with E-state index in [1.807, 2.05) is 6.92 Å². The summed E-state index contributed by atoms with van der Waals surface area (Å²) in [7, 11) is 1.71. The van der Waals surface area contributed by atoms with Gasteiger partial charge in [0.05, 0.1) is 29.1 Å². The molecule has 7 heteroatoms. The summed E-state index contributed by atoms with van der Waals surface area (Å²) in [6.45, 7) is 2.42. The Balaban J connectivity index is 2.08. The third-order valence-electron chi connectivity index (χ3n) is 2.63. The summed E-state index contributed by atoms with van der Waals surface area (Å²) in [5.41, 5.74) is 0.935. The monoisotopic (exact) mass is 306 g/mol. The van der Waals surface area contributed by atoms with Gasteiger partial charge in [-0.2, -0.15) is 0 Å². The normalized spacial score (nSPS) is 10.0. The van der Waals surface area contributed by atoms with Gasteiger partial charge in [0.2, 0.25) is 5.88 Å². The minimum atomic E-state index is -0.307. The predicted octanol–water partition coefficient (Wildman–Crippen LogP) is 2.82. The lowest BCUT2D eigenvalue weighted by atomic mass is 10.2. The van der Waals surface area contributed by atoms with Gasteiger partial charge in [-0.05, 0) is 19.1 Å². The second kappa shape index (κ2) is 6.90. The van der Waals surface area contributed by atoms with Crippen LogP contribution in [0.4, 0.5) is 11.5 Å². The van der Waals surface area contributed by atoms with Crippen molar-refractivity contribution in [2.75, 3.05) is 24.3 Å². The van der Waals surface area contributed by atoms with Crippen molar-refractivity contribution in [3.05, 3.63) is 41.2 Å². The first kappa shape index (κ1) is 15.1. The third-order valence-corrected chi connectivity index (χ3v) is 2.91. The van der Waals surface area contributed by atoms with E-state index < -0.39 is 0 Å². The first-order chi connectivity index (χ1) is 10.1. The highest BCUT2D eigenvalue weighted by Gasteiger charge is 2.10. The van der Waals surface area contributed by atoms with E-state index >= 15 is 0 Å². The maximum absolute atomic E-state index is 12.1. The molecule has 2 rings (SSSR count). The van der Waals surface area contributed by atoms with Gasteiger partial charge >= 0.3 is 0 Å². The molecular formula is C14H15ClN4O2. The van der Waals surface area contributed by atoms with Crippen LogP contribution < -0.4 is 15.4 Å². The molecule has 0 fully saturated rings. The molecule has 0 unspecified atom stereocenters. The molecule has 0 aliphatic carbocycles. The summed E-state index contributed by atoms with van der Waals surface area (Å²) in [6.07, 6.45) is 2.98. The number of pyridine rings is 2. The topological polar surface area (TPSA) is 76.1 Å². The van der Waals surface area contributed by atoms with E-state index in [1.165, 1.54) is 12.4 Å². The maximum atomic E-state index is 12.1. The molecule has 0 spiro atoms. The van der Waals surface area contributed by atoms with Crippen LogP contribution in [0, 0.1) is 0 Å². The Morgan fingerprint density at radius 1 is 1.33 bits per heavy atom. The van der Waals surface area contributed by atoms with E-state index in [-0.39, 0.29) is 5.91 Å². The molecule has 110 valence electrons. The summed E-state index contributed by atoms with van der Waals surface area (Å²) in [5.74, 6) is 0.729. The number of nitrogens with zero attached hydrogens (tertiary/aromatic N) is 2. The lowest BCUT2D eigenvalue weighted by Crippen LogP contribution is -2.13. The number of carbonyl (C=O) groups is 1. The molecule has 0 aromatic carbocycles. The van der Waals surface area contributed by atoms with Gasteiger partial charge < -0.3 is 15.4 Å². The van der Waals surface area contributed by atoms with Gasteiger partial charge in [-0.1, -0.05) is 11.6 Å². The Hall–Kier alpha value is -2.34. The van der Waals surface area contributed by atoms with Crippen LogP contribution in [0.5, 0.6) is 5.88 Å². The Kier molecular flexibility index (Phi) is 4.94. The maximum Gasteiger partial charge on any atom is 0.257 e. The Morgan fingerprint density at radius 2 is 2.14 bits per heavy atom. The number of halogens is 1. The summed E-state index contributed by atoms with van der Waals surface area (Å²) in [6, 6.07) is 4.96. The highest BCUT2D eigenvalue weighted by molar-refractivity contribution is 6.33. The number of hydrogen-bond donors (Lipinski definition) is 2. The molecule has 0 aliphatic rings. The molecule has 2 aromatic rings. The number of rotatable bonds is 5. The summed E-state index contributed by atoms with van der Waals surface area (Å²) >= 11 is 6.00. The fourth-order valence-corrected chi connectivity index (χ4v) is 1.90. The predicted molar refractivity (Wildman–Crippen MR) is 82.2 cm³/mol. The Bertz CT molecular complexity index is 631. The number of carbonyl (C=O) groups excluding carboxylic acids is 1. The molecule has 0 saturated heterocycles. The number of hydrogen-bond acceptors (Lipinski definition) is 5. The van der Waals surface area contributed by atoms with Gasteiger partial charge in [-0.25, -0.2) is 9.97 Å². The molecule has 2 heterocycles. The van der Waals surface area contributed by atoms with Crippen molar-refractivity contribution in [2.45, 2.75) is 6.92 Å². The molecule has 6 nitrogen and oxygen atoms in total. The van der Waals surface area contributed by atoms with E-state index in [4.69, 9.17) is 16.3 Å². The number of aromatic nitrogens is 2. The largest absolute Gasteiger partial charge is 0.478 e. The van der Waals surface area contributed by atoms with Crippen LogP contribution in [0.15, 0.2) is 30.6 Å². The van der Waals surface area contributed by atoms with Crippen LogP contribution in [0.25, 0.3) is 0 Å². The molecule has 0 saturated carbocycles. The van der Waals surface area contributed by atoms with Gasteiger partial charge in [0.15, 0.2) is 0 Å². The van der Waals surface area contributed by atoms with E-state index in [2.05, 4.69) is 20.6 Å². The number of ether oxygens (including phenoxy) is 1. The highest BCUT2D eigenvalue weighted by Crippen LogP contribution is 2.20. The lowest BCUT2D eigenvalue weighted by Gasteiger charge is -2.08. The van der Waals surface area contributed by atoms with Crippen LogP contribution in [0.3, 0.4) is 0 Å². The second-order valence-electron chi connectivity index (χ2n) is 4.08. The standard InChI is InChI=1S/C14H15ClN4O2/c1-3-21-12-5-4-10(8-17-12)19-14(20)9-6-11(15)13(16-2)18-7-9/h4-8H,3H2,1-2H3,(H,16,18)(H,19,20). The average Bonchev–Trinajstić information content (AvgIpc) is 2.49. The van der Waals surface area contributed by atoms with E-state index in [1.54, 1.807) is 25.2 Å². The van der Waals surface area contributed by atoms with Gasteiger partial charge in [-0.3, -0.25) is 4.79 Å². The van der Waals surface area contributed by atoms with Gasteiger partial charge in [-0.15, -0.1) is 0 Å². The number of nitrogens with one attached hydrogen (secondary N) is 2. The lowest BCUT2D eigenvalue weighted by molar-refractivity contribution is 0.102. The third kappa shape index (κ3) is 3.82. The smallest absolute Gasteiger partial charge is 0.257 e. The zero-order chi connectivity index (χ0) is 15.2. The van der Waals surface area contributed by atoms with E-state index in [9.17, 15) is 4.79 Å². The fraction of sp³-hybridized carbons (Fsp3) is 0.214. The van der Waals surface area contributed by atoms with Gasteiger partial charge in [0, 0.05) is 19.3 Å².